The van der Waals surface area contributed by atoms with Crippen LogP contribution >= 0.6 is 7.82 Å². The Bertz CT molecular complexity index is 103. The summed E-state index contributed by atoms with van der Waals surface area (Å²) in [5.41, 5.74) is 4.81. The zero-order valence-corrected chi connectivity index (χ0v) is 6.52. The van der Waals surface area contributed by atoms with Gasteiger partial charge in [0.05, 0.1) is 14.4 Å². The van der Waals surface area contributed by atoms with E-state index < -0.39 is 7.82 Å². The van der Waals surface area contributed by atoms with Gasteiger partial charge in [0.2, 0.25) is 0 Å². The molecule has 0 spiro atoms. The van der Waals surface area contributed by atoms with Crippen molar-refractivity contribution in [3.05, 3.63) is 0 Å². The Morgan fingerprint density at radius 1 is 1.56 bits per heavy atom. The van der Waals surface area contributed by atoms with Gasteiger partial charge in [-0.25, -0.2) is 0 Å². The van der Waals surface area contributed by atoms with Gasteiger partial charge in [-0.1, -0.05) is 0 Å². The van der Waals surface area contributed by atoms with Crippen LogP contribution in [0.25, 0.3) is 0 Å². The van der Waals surface area contributed by atoms with E-state index in [9.17, 15) is 14.4 Å². The minimum Gasteiger partial charge on any atom is -0.790 e. The van der Waals surface area contributed by atoms with Gasteiger partial charge in [-0.15, -0.1) is 0 Å². The minimum atomic E-state index is -4.76. The van der Waals surface area contributed by atoms with Crippen molar-refractivity contribution in [1.82, 2.24) is 0 Å². The summed E-state index contributed by atoms with van der Waals surface area (Å²) in [7, 11) is -4.76. The van der Waals surface area contributed by atoms with Crippen molar-refractivity contribution in [2.24, 2.45) is 5.73 Å². The molecule has 0 aromatic heterocycles. The molecule has 0 rings (SSSR count). The van der Waals surface area contributed by atoms with Crippen LogP contribution in [-0.2, 0) is 26.2 Å². The summed E-state index contributed by atoms with van der Waals surface area (Å²) in [4.78, 5) is 19.2. The molecule has 0 heterocycles. The molecule has 9 heavy (non-hydrogen) atoms. The Morgan fingerprint density at radius 3 is 2.11 bits per heavy atom. The fraction of sp³-hybridized carbons (Fsp3) is 1.00. The van der Waals surface area contributed by atoms with E-state index in [-0.39, 0.29) is 30.2 Å². The second-order valence-electron chi connectivity index (χ2n) is 1.07. The van der Waals surface area contributed by atoms with Crippen LogP contribution in [0.4, 0.5) is 0 Å². The van der Waals surface area contributed by atoms with Crippen LogP contribution in [0.15, 0.2) is 0 Å². The minimum absolute atomic E-state index is 0. The molecule has 0 amide bonds. The number of phosphoric ester groups is 1. The molecular formula is C2H6MnNO4P. The summed E-state index contributed by atoms with van der Waals surface area (Å²) < 4.78 is 13.3. The topological polar surface area (TPSA) is 98.4 Å². The Kier molecular flexibility index (Phi) is 7.34. The predicted octanol–water partition coefficient (Wildman–Crippen LogP) is -2.21. The average molecular weight is 194 g/mol. The predicted molar refractivity (Wildman–Crippen MR) is 22.6 cm³/mol. The van der Waals surface area contributed by atoms with E-state index in [1.807, 2.05) is 0 Å². The summed E-state index contributed by atoms with van der Waals surface area (Å²) in [6.45, 7) is -0.196. The van der Waals surface area contributed by atoms with Crippen molar-refractivity contribution in [1.29, 1.82) is 0 Å². The molecule has 0 saturated carbocycles. The summed E-state index contributed by atoms with van der Waals surface area (Å²) in [6, 6.07) is 0. The van der Waals surface area contributed by atoms with Gasteiger partial charge in [0, 0.05) is 6.54 Å². The molecule has 5 nitrogen and oxygen atoms in total. The first-order valence-electron chi connectivity index (χ1n) is 1.93. The van der Waals surface area contributed by atoms with Crippen LogP contribution in [0, 0.1) is 0 Å². The van der Waals surface area contributed by atoms with Crippen LogP contribution in [0.1, 0.15) is 0 Å². The first-order valence-corrected chi connectivity index (χ1v) is 3.39. The standard InChI is InChI=1S/C2H8NO4P.Mn/c3-1-2-7-8(4,5)6;/h1-3H2,(H2,4,5,6);/q;+2/p-2. The molecule has 0 aliphatic heterocycles. The number of hydrogen-bond donors (Lipinski definition) is 1. The van der Waals surface area contributed by atoms with Gasteiger partial charge in [-0.05, 0) is 0 Å². The Balaban J connectivity index is 0. The molecule has 0 unspecified atom stereocenters. The zero-order valence-electron chi connectivity index (χ0n) is 4.45. The molecule has 1 radical (unpaired) electrons. The van der Waals surface area contributed by atoms with E-state index >= 15 is 0 Å². The van der Waals surface area contributed by atoms with Gasteiger partial charge in [-0.2, -0.15) is 0 Å². The third-order valence-corrected chi connectivity index (χ3v) is 0.866. The fourth-order valence-corrected chi connectivity index (χ4v) is 0.494. The Morgan fingerprint density at radius 2 is 2.00 bits per heavy atom. The largest absolute Gasteiger partial charge is 2.00 e. The van der Waals surface area contributed by atoms with E-state index in [2.05, 4.69) is 4.52 Å². The van der Waals surface area contributed by atoms with E-state index in [1.54, 1.807) is 0 Å². The number of rotatable bonds is 3. The molecular weight excluding hydrogens is 188 g/mol. The van der Waals surface area contributed by atoms with Gasteiger partial charge >= 0.3 is 17.1 Å². The van der Waals surface area contributed by atoms with E-state index in [4.69, 9.17) is 5.73 Å². The van der Waals surface area contributed by atoms with Crippen LogP contribution < -0.4 is 15.5 Å². The Hall–Kier alpha value is 0.589. The molecule has 0 aliphatic carbocycles. The monoisotopic (exact) mass is 194 g/mol. The SMILES string of the molecule is NCCOP(=O)([O-])[O-].[Mn+2]. The van der Waals surface area contributed by atoms with E-state index in [1.165, 1.54) is 0 Å². The van der Waals surface area contributed by atoms with Gasteiger partial charge in [0.15, 0.2) is 0 Å². The number of hydrogen-bond acceptors (Lipinski definition) is 5. The van der Waals surface area contributed by atoms with Crippen LogP contribution in [0.5, 0.6) is 0 Å². The molecule has 7 heteroatoms. The van der Waals surface area contributed by atoms with Gasteiger partial charge in [0.25, 0.3) is 0 Å². The molecule has 2 N–H and O–H groups in total. The quantitative estimate of drug-likeness (QED) is 0.405. The molecule has 0 aliphatic rings. The average Bonchev–Trinajstić information content (AvgIpc) is 1.59. The van der Waals surface area contributed by atoms with Crippen molar-refractivity contribution < 1.29 is 35.9 Å². The normalized spacial score (nSPS) is 10.6. The zero-order chi connectivity index (χ0) is 6.62. The third kappa shape index (κ3) is 11.9. The summed E-state index contributed by atoms with van der Waals surface area (Å²) in [5, 5.41) is 0. The maximum absolute atomic E-state index is 9.58. The fourth-order valence-electron chi connectivity index (χ4n) is 0.165. The maximum atomic E-state index is 9.58. The summed E-state index contributed by atoms with van der Waals surface area (Å²) in [5.74, 6) is 0. The Labute approximate surface area is 63.3 Å². The number of phosphoric acid groups is 1. The summed E-state index contributed by atoms with van der Waals surface area (Å²) in [6.07, 6.45) is 0. The summed E-state index contributed by atoms with van der Waals surface area (Å²) >= 11 is 0. The molecule has 0 saturated heterocycles. The van der Waals surface area contributed by atoms with Crippen LogP contribution in [0.3, 0.4) is 0 Å². The second kappa shape index (κ2) is 5.38. The van der Waals surface area contributed by atoms with Gasteiger partial charge in [-0.3, -0.25) is 0 Å². The maximum Gasteiger partial charge on any atom is 2.00 e. The molecule has 0 aromatic carbocycles. The number of nitrogens with two attached hydrogens (primary N) is 1. The molecule has 0 aromatic rings. The van der Waals surface area contributed by atoms with E-state index in [0.29, 0.717) is 0 Å². The molecule has 55 valence electrons. The van der Waals surface area contributed by atoms with Crippen molar-refractivity contribution in [2.75, 3.05) is 13.2 Å². The van der Waals surface area contributed by atoms with Crippen molar-refractivity contribution >= 4 is 7.82 Å². The molecule has 0 fully saturated rings. The third-order valence-electron chi connectivity index (χ3n) is 0.367. The van der Waals surface area contributed by atoms with E-state index in [0.717, 1.165) is 0 Å². The van der Waals surface area contributed by atoms with Crippen molar-refractivity contribution in [3.63, 3.8) is 0 Å². The van der Waals surface area contributed by atoms with Gasteiger partial charge < -0.3 is 24.6 Å². The van der Waals surface area contributed by atoms with Crippen LogP contribution in [0.2, 0.25) is 0 Å². The smallest absolute Gasteiger partial charge is 0.790 e. The van der Waals surface area contributed by atoms with Gasteiger partial charge in [0.1, 0.15) is 0 Å². The molecule has 0 bridgehead atoms. The van der Waals surface area contributed by atoms with Crippen molar-refractivity contribution in [3.8, 4) is 0 Å². The van der Waals surface area contributed by atoms with Crippen molar-refractivity contribution in [2.45, 2.75) is 0 Å². The first-order chi connectivity index (χ1) is 3.56. The molecule has 0 atom stereocenters. The second-order valence-corrected chi connectivity index (χ2v) is 2.22. The van der Waals surface area contributed by atoms with Crippen LogP contribution in [-0.4, -0.2) is 13.2 Å². The first kappa shape index (κ1) is 12.3.